The zero-order valence-electron chi connectivity index (χ0n) is 14.2. The number of piperidine rings is 1. The maximum atomic E-state index is 12.2. The summed E-state index contributed by atoms with van der Waals surface area (Å²) in [6.45, 7) is 6.51. The molecule has 0 spiro atoms. The van der Waals surface area contributed by atoms with Gasteiger partial charge in [-0.25, -0.2) is 4.79 Å². The van der Waals surface area contributed by atoms with Crippen molar-refractivity contribution in [3.63, 3.8) is 0 Å². The van der Waals surface area contributed by atoms with Crippen LogP contribution in [-0.4, -0.2) is 41.0 Å². The fourth-order valence-corrected chi connectivity index (χ4v) is 2.49. The number of hydrogen-bond donors (Lipinski definition) is 2. The average molecular weight is 333 g/mol. The second-order valence-electron chi connectivity index (χ2n) is 6.74. The molecule has 1 amide bonds. The number of amides is 1. The Kier molecular flexibility index (Phi) is 5.52. The van der Waals surface area contributed by atoms with Crippen molar-refractivity contribution >= 4 is 11.8 Å². The number of likely N-dealkylation sites (tertiary alicyclic amines) is 1. The van der Waals surface area contributed by atoms with Gasteiger partial charge in [-0.3, -0.25) is 10.7 Å². The molecule has 0 unspecified atom stereocenters. The van der Waals surface area contributed by atoms with E-state index in [-0.39, 0.29) is 12.2 Å². The molecule has 0 radical (unpaired) electrons. The van der Waals surface area contributed by atoms with Crippen molar-refractivity contribution in [3.05, 3.63) is 23.8 Å². The van der Waals surface area contributed by atoms with Crippen LogP contribution in [0.3, 0.4) is 0 Å². The summed E-state index contributed by atoms with van der Waals surface area (Å²) in [5.74, 6) is 0.382. The molecule has 1 aromatic carbocycles. The predicted molar refractivity (Wildman–Crippen MR) is 88.0 cm³/mol. The molecule has 0 saturated carbocycles. The predicted octanol–water partition coefficient (Wildman–Crippen LogP) is 3.14. The van der Waals surface area contributed by atoms with E-state index in [0.717, 1.165) is 12.8 Å². The van der Waals surface area contributed by atoms with Gasteiger partial charge in [0.25, 0.3) is 0 Å². The number of nitrogens with zero attached hydrogens (tertiary/aromatic N) is 2. The molecule has 2 N–H and O–H groups in total. The number of ether oxygens (including phenoxy) is 2. The van der Waals surface area contributed by atoms with E-state index in [0.29, 0.717) is 30.1 Å². The summed E-state index contributed by atoms with van der Waals surface area (Å²) in [6, 6.07) is 6.75. The summed E-state index contributed by atoms with van der Waals surface area (Å²) in [6.07, 6.45) is 0.986. The van der Waals surface area contributed by atoms with Crippen molar-refractivity contribution in [1.29, 1.82) is 5.26 Å². The minimum atomic E-state index is -0.542. The van der Waals surface area contributed by atoms with E-state index in [4.69, 9.17) is 14.7 Å². The monoisotopic (exact) mass is 333 g/mol. The molecule has 7 nitrogen and oxygen atoms in total. The second-order valence-corrected chi connectivity index (χ2v) is 6.74. The molecule has 1 atom stereocenters. The van der Waals surface area contributed by atoms with Crippen LogP contribution in [0.2, 0.25) is 0 Å². The summed E-state index contributed by atoms with van der Waals surface area (Å²) < 4.78 is 11.3. The lowest BCUT2D eigenvalue weighted by molar-refractivity contribution is 0.00779. The van der Waals surface area contributed by atoms with Crippen LogP contribution in [0.4, 0.5) is 10.5 Å². The number of carbonyl (C=O) groups excluding carboxylic acids is 1. The highest BCUT2D eigenvalue weighted by atomic mass is 16.6. The normalized spacial score (nSPS) is 17.8. The zero-order valence-corrected chi connectivity index (χ0v) is 14.2. The molecule has 1 fully saturated rings. The summed E-state index contributed by atoms with van der Waals surface area (Å²) in [5.41, 5.74) is 2.33. The van der Waals surface area contributed by atoms with Crippen LogP contribution in [0, 0.1) is 11.3 Å². The SMILES string of the molecule is CC(C)(C)OC(=O)N1CCC[C@H](Oc2cc(C#N)ccc2NO)C1. The van der Waals surface area contributed by atoms with E-state index in [1.165, 1.54) is 0 Å². The maximum absolute atomic E-state index is 12.2. The van der Waals surface area contributed by atoms with Gasteiger partial charge in [0.05, 0.1) is 18.2 Å². The number of hydrogen-bond acceptors (Lipinski definition) is 6. The molecule has 7 heteroatoms. The molecule has 1 aliphatic rings. The van der Waals surface area contributed by atoms with E-state index in [9.17, 15) is 10.0 Å². The van der Waals surface area contributed by atoms with Crippen LogP contribution in [0.25, 0.3) is 0 Å². The van der Waals surface area contributed by atoms with Crippen molar-refractivity contribution < 1.29 is 19.5 Å². The molecule has 1 aliphatic heterocycles. The molecular weight excluding hydrogens is 310 g/mol. The van der Waals surface area contributed by atoms with E-state index in [1.54, 1.807) is 23.1 Å². The highest BCUT2D eigenvalue weighted by molar-refractivity contribution is 5.68. The standard InChI is InChI=1S/C17H23N3O4/c1-17(2,3)24-16(21)20-8-4-5-13(11-20)23-15-9-12(10-18)6-7-14(15)19-22/h6-7,9,13,19,22H,4-5,8,11H2,1-3H3/t13-/m0/s1. The molecule has 1 aromatic rings. The van der Waals surface area contributed by atoms with E-state index < -0.39 is 5.60 Å². The first-order chi connectivity index (χ1) is 11.3. The lowest BCUT2D eigenvalue weighted by Gasteiger charge is -2.34. The lowest BCUT2D eigenvalue weighted by Crippen LogP contribution is -2.46. The van der Waals surface area contributed by atoms with Crippen LogP contribution >= 0.6 is 0 Å². The molecular formula is C17H23N3O4. The largest absolute Gasteiger partial charge is 0.486 e. The van der Waals surface area contributed by atoms with Gasteiger partial charge < -0.3 is 14.4 Å². The molecule has 0 aliphatic carbocycles. The van der Waals surface area contributed by atoms with Gasteiger partial charge in [-0.05, 0) is 45.7 Å². The first-order valence-electron chi connectivity index (χ1n) is 7.91. The summed E-state index contributed by atoms with van der Waals surface area (Å²) >= 11 is 0. The highest BCUT2D eigenvalue weighted by Crippen LogP contribution is 2.28. The number of nitriles is 1. The van der Waals surface area contributed by atoms with E-state index in [2.05, 4.69) is 5.48 Å². The van der Waals surface area contributed by atoms with Crippen LogP contribution in [0.5, 0.6) is 5.75 Å². The number of rotatable bonds is 3. The van der Waals surface area contributed by atoms with E-state index in [1.807, 2.05) is 26.8 Å². The Morgan fingerprint density at radius 2 is 2.21 bits per heavy atom. The van der Waals surface area contributed by atoms with Gasteiger partial charge in [0, 0.05) is 12.6 Å². The van der Waals surface area contributed by atoms with Gasteiger partial charge in [-0.1, -0.05) is 0 Å². The first-order valence-corrected chi connectivity index (χ1v) is 7.91. The summed E-state index contributed by atoms with van der Waals surface area (Å²) in [7, 11) is 0. The molecule has 0 aromatic heterocycles. The maximum Gasteiger partial charge on any atom is 0.410 e. The van der Waals surface area contributed by atoms with E-state index >= 15 is 0 Å². The average Bonchev–Trinajstić information content (AvgIpc) is 2.53. The quantitative estimate of drug-likeness (QED) is 0.825. The van der Waals surface area contributed by atoms with Gasteiger partial charge in [-0.15, -0.1) is 0 Å². The minimum absolute atomic E-state index is 0.229. The third kappa shape index (κ3) is 4.77. The first kappa shape index (κ1) is 17.9. The highest BCUT2D eigenvalue weighted by Gasteiger charge is 2.29. The fraction of sp³-hybridized carbons (Fsp3) is 0.529. The third-order valence-corrected chi connectivity index (χ3v) is 3.55. The van der Waals surface area contributed by atoms with Crippen molar-refractivity contribution in [2.75, 3.05) is 18.6 Å². The number of nitrogens with one attached hydrogen (secondary N) is 1. The fourth-order valence-electron chi connectivity index (χ4n) is 2.49. The van der Waals surface area contributed by atoms with Crippen LogP contribution in [0.1, 0.15) is 39.2 Å². The van der Waals surface area contributed by atoms with Crippen molar-refractivity contribution in [1.82, 2.24) is 4.90 Å². The Labute approximate surface area is 141 Å². The van der Waals surface area contributed by atoms with Gasteiger partial charge in [0.2, 0.25) is 0 Å². The Hall–Kier alpha value is -2.46. The molecule has 1 saturated heterocycles. The van der Waals surface area contributed by atoms with Gasteiger partial charge in [-0.2, -0.15) is 5.26 Å². The Balaban J connectivity index is 2.06. The Bertz CT molecular complexity index is 634. The zero-order chi connectivity index (χ0) is 17.7. The Morgan fingerprint density at radius 1 is 1.46 bits per heavy atom. The van der Waals surface area contributed by atoms with Crippen molar-refractivity contribution in [2.24, 2.45) is 0 Å². The molecule has 0 bridgehead atoms. The number of carbonyl (C=O) groups is 1. The topological polar surface area (TPSA) is 94.8 Å². The van der Waals surface area contributed by atoms with Gasteiger partial charge >= 0.3 is 6.09 Å². The Morgan fingerprint density at radius 3 is 2.83 bits per heavy atom. The summed E-state index contributed by atoms with van der Waals surface area (Å²) in [4.78, 5) is 13.8. The van der Waals surface area contributed by atoms with Gasteiger partial charge in [0.15, 0.2) is 0 Å². The third-order valence-electron chi connectivity index (χ3n) is 3.55. The number of benzene rings is 1. The van der Waals surface area contributed by atoms with Crippen molar-refractivity contribution in [2.45, 2.75) is 45.3 Å². The molecule has 2 rings (SSSR count). The smallest absolute Gasteiger partial charge is 0.410 e. The second kappa shape index (κ2) is 7.41. The molecule has 1 heterocycles. The van der Waals surface area contributed by atoms with Crippen LogP contribution in [-0.2, 0) is 4.74 Å². The number of anilines is 1. The molecule has 24 heavy (non-hydrogen) atoms. The minimum Gasteiger partial charge on any atom is -0.486 e. The lowest BCUT2D eigenvalue weighted by atomic mass is 10.1. The van der Waals surface area contributed by atoms with Crippen LogP contribution < -0.4 is 10.2 Å². The summed E-state index contributed by atoms with van der Waals surface area (Å²) in [5, 5.41) is 18.2. The van der Waals surface area contributed by atoms with Crippen molar-refractivity contribution in [3.8, 4) is 11.8 Å². The van der Waals surface area contributed by atoms with Gasteiger partial charge in [0.1, 0.15) is 23.1 Å². The molecule has 130 valence electrons. The van der Waals surface area contributed by atoms with Crippen LogP contribution in [0.15, 0.2) is 18.2 Å².